The number of hydrogen-bond donors (Lipinski definition) is 2. The Kier molecular flexibility index (Phi) is 6.13. The van der Waals surface area contributed by atoms with E-state index in [1.54, 1.807) is 30.3 Å². The molecule has 2 N–H and O–H groups in total. The molecule has 150 valence electrons. The number of hydrogen-bond acceptors (Lipinski definition) is 4. The largest absolute Gasteiger partial charge is 0.497 e. The maximum absolute atomic E-state index is 13.0. The average molecular weight is 414 g/mol. The molecule has 0 heterocycles. The molecule has 0 bridgehead atoms. The van der Waals surface area contributed by atoms with Crippen molar-refractivity contribution in [3.05, 3.63) is 84.2 Å². The second kappa shape index (κ2) is 8.74. The number of amides is 1. The first-order chi connectivity index (χ1) is 13.9. The van der Waals surface area contributed by atoms with Crippen molar-refractivity contribution in [2.24, 2.45) is 0 Å². The van der Waals surface area contributed by atoms with Crippen LogP contribution >= 0.6 is 0 Å². The van der Waals surface area contributed by atoms with Crippen molar-refractivity contribution in [3.63, 3.8) is 0 Å². The predicted molar refractivity (Wildman–Crippen MR) is 109 cm³/mol. The predicted octanol–water partition coefficient (Wildman–Crippen LogP) is 3.82. The normalized spacial score (nSPS) is 11.0. The summed E-state index contributed by atoms with van der Waals surface area (Å²) in [6, 6.07) is 18.0. The minimum absolute atomic E-state index is 0.00732. The Morgan fingerprint density at radius 2 is 1.66 bits per heavy atom. The van der Waals surface area contributed by atoms with Gasteiger partial charge in [-0.3, -0.25) is 9.52 Å². The fourth-order valence-electron chi connectivity index (χ4n) is 2.61. The Balaban J connectivity index is 1.70. The van der Waals surface area contributed by atoms with Crippen molar-refractivity contribution in [1.82, 2.24) is 0 Å². The lowest BCUT2D eigenvalue weighted by Gasteiger charge is -2.11. The molecule has 0 fully saturated rings. The standard InChI is InChI=1S/C21H19FN2O4S/c1-28-19-11-9-17(10-12-19)24-29(26,27)20-4-2-3-18(14-20)23-21(25)13-15-5-7-16(22)8-6-15/h2-12,14,24H,13H2,1H3,(H,23,25). The number of rotatable bonds is 7. The second-order valence-corrected chi connectivity index (χ2v) is 7.90. The van der Waals surface area contributed by atoms with E-state index in [-0.39, 0.29) is 23.0 Å². The van der Waals surface area contributed by atoms with E-state index < -0.39 is 10.0 Å². The average Bonchev–Trinajstić information content (AvgIpc) is 2.70. The van der Waals surface area contributed by atoms with E-state index >= 15 is 0 Å². The number of anilines is 2. The van der Waals surface area contributed by atoms with Gasteiger partial charge in [0.1, 0.15) is 11.6 Å². The van der Waals surface area contributed by atoms with Crippen LogP contribution in [0.15, 0.2) is 77.7 Å². The zero-order chi connectivity index (χ0) is 20.9. The molecule has 0 aliphatic heterocycles. The first-order valence-electron chi connectivity index (χ1n) is 8.67. The molecule has 0 unspecified atom stereocenters. The Hall–Kier alpha value is -3.39. The lowest BCUT2D eigenvalue weighted by atomic mass is 10.1. The zero-order valence-corrected chi connectivity index (χ0v) is 16.4. The zero-order valence-electron chi connectivity index (χ0n) is 15.6. The molecule has 0 aliphatic rings. The van der Waals surface area contributed by atoms with E-state index in [1.807, 2.05) is 0 Å². The molecule has 0 radical (unpaired) electrons. The third kappa shape index (κ3) is 5.55. The molecule has 6 nitrogen and oxygen atoms in total. The van der Waals surface area contributed by atoms with E-state index in [9.17, 15) is 17.6 Å². The summed E-state index contributed by atoms with van der Waals surface area (Å²) < 4.78 is 45.7. The van der Waals surface area contributed by atoms with E-state index in [0.29, 0.717) is 22.7 Å². The molecule has 3 rings (SSSR count). The molecule has 0 aliphatic carbocycles. The number of methoxy groups -OCH3 is 1. The maximum atomic E-state index is 13.0. The maximum Gasteiger partial charge on any atom is 0.261 e. The van der Waals surface area contributed by atoms with Gasteiger partial charge >= 0.3 is 0 Å². The highest BCUT2D eigenvalue weighted by molar-refractivity contribution is 7.92. The van der Waals surface area contributed by atoms with Gasteiger partial charge in [0.2, 0.25) is 5.91 Å². The van der Waals surface area contributed by atoms with Crippen LogP contribution in [-0.2, 0) is 21.2 Å². The van der Waals surface area contributed by atoms with Crippen LogP contribution in [0.5, 0.6) is 5.75 Å². The highest BCUT2D eigenvalue weighted by atomic mass is 32.2. The molecule has 0 atom stereocenters. The third-order valence-electron chi connectivity index (χ3n) is 4.05. The number of nitrogens with one attached hydrogen (secondary N) is 2. The van der Waals surface area contributed by atoms with Crippen LogP contribution in [0.4, 0.5) is 15.8 Å². The van der Waals surface area contributed by atoms with Crippen molar-refractivity contribution in [2.45, 2.75) is 11.3 Å². The Bertz CT molecular complexity index is 1100. The van der Waals surface area contributed by atoms with Gasteiger partial charge in [-0.2, -0.15) is 0 Å². The molecular weight excluding hydrogens is 395 g/mol. The lowest BCUT2D eigenvalue weighted by molar-refractivity contribution is -0.115. The summed E-state index contributed by atoms with van der Waals surface area (Å²) in [7, 11) is -2.32. The SMILES string of the molecule is COc1ccc(NS(=O)(=O)c2cccc(NC(=O)Cc3ccc(F)cc3)c2)cc1. The molecule has 0 aromatic heterocycles. The first-order valence-corrected chi connectivity index (χ1v) is 10.2. The molecule has 1 amide bonds. The number of ether oxygens (including phenoxy) is 1. The van der Waals surface area contributed by atoms with Gasteiger partial charge < -0.3 is 10.1 Å². The fourth-order valence-corrected chi connectivity index (χ4v) is 3.71. The quantitative estimate of drug-likeness (QED) is 0.616. The van der Waals surface area contributed by atoms with Gasteiger partial charge in [0, 0.05) is 11.4 Å². The Morgan fingerprint density at radius 3 is 2.31 bits per heavy atom. The highest BCUT2D eigenvalue weighted by Crippen LogP contribution is 2.21. The summed E-state index contributed by atoms with van der Waals surface area (Å²) in [5.74, 6) is -0.107. The molecule has 0 spiro atoms. The van der Waals surface area contributed by atoms with Crippen LogP contribution in [0.25, 0.3) is 0 Å². The van der Waals surface area contributed by atoms with Crippen molar-refractivity contribution in [2.75, 3.05) is 17.1 Å². The van der Waals surface area contributed by atoms with Crippen LogP contribution in [-0.4, -0.2) is 21.4 Å². The summed E-state index contributed by atoms with van der Waals surface area (Å²) in [4.78, 5) is 12.2. The molecule has 29 heavy (non-hydrogen) atoms. The minimum Gasteiger partial charge on any atom is -0.497 e. The summed E-state index contributed by atoms with van der Waals surface area (Å²) >= 11 is 0. The van der Waals surface area contributed by atoms with Crippen molar-refractivity contribution >= 4 is 27.3 Å². The fraction of sp³-hybridized carbons (Fsp3) is 0.0952. The molecule has 8 heteroatoms. The Labute approximate surface area is 168 Å². The lowest BCUT2D eigenvalue weighted by Crippen LogP contribution is -2.16. The number of carbonyl (C=O) groups is 1. The van der Waals surface area contributed by atoms with E-state index in [4.69, 9.17) is 4.74 Å². The van der Waals surface area contributed by atoms with E-state index in [0.717, 1.165) is 0 Å². The number of sulfonamides is 1. The third-order valence-corrected chi connectivity index (χ3v) is 5.43. The second-order valence-electron chi connectivity index (χ2n) is 6.21. The Morgan fingerprint density at radius 1 is 0.966 bits per heavy atom. The molecule has 3 aromatic rings. The van der Waals surface area contributed by atoms with Crippen LogP contribution in [0.1, 0.15) is 5.56 Å². The minimum atomic E-state index is -3.84. The number of benzene rings is 3. The van der Waals surface area contributed by atoms with Gasteiger partial charge in [0.15, 0.2) is 0 Å². The van der Waals surface area contributed by atoms with Crippen LogP contribution < -0.4 is 14.8 Å². The van der Waals surface area contributed by atoms with Crippen molar-refractivity contribution in [3.8, 4) is 5.75 Å². The monoisotopic (exact) mass is 414 g/mol. The number of halogens is 1. The molecular formula is C21H19FN2O4S. The van der Waals surface area contributed by atoms with Gasteiger partial charge in [-0.05, 0) is 60.2 Å². The van der Waals surface area contributed by atoms with Gasteiger partial charge in [0.25, 0.3) is 10.0 Å². The number of carbonyl (C=O) groups excluding carboxylic acids is 1. The van der Waals surface area contributed by atoms with Crippen LogP contribution in [0.2, 0.25) is 0 Å². The smallest absolute Gasteiger partial charge is 0.261 e. The summed E-state index contributed by atoms with van der Waals surface area (Å²) in [6.45, 7) is 0. The summed E-state index contributed by atoms with van der Waals surface area (Å²) in [5, 5.41) is 2.66. The van der Waals surface area contributed by atoms with Crippen molar-refractivity contribution < 1.29 is 22.3 Å². The van der Waals surface area contributed by atoms with Crippen LogP contribution in [0, 0.1) is 5.82 Å². The highest BCUT2D eigenvalue weighted by Gasteiger charge is 2.15. The first kappa shape index (κ1) is 20.3. The molecule has 0 saturated carbocycles. The van der Waals surface area contributed by atoms with E-state index in [1.165, 1.54) is 49.6 Å². The molecule has 0 saturated heterocycles. The van der Waals surface area contributed by atoms with Gasteiger partial charge in [-0.25, -0.2) is 12.8 Å². The topological polar surface area (TPSA) is 84.5 Å². The van der Waals surface area contributed by atoms with Gasteiger partial charge in [-0.15, -0.1) is 0 Å². The van der Waals surface area contributed by atoms with E-state index in [2.05, 4.69) is 10.0 Å². The summed E-state index contributed by atoms with van der Waals surface area (Å²) in [6.07, 6.45) is 0.0430. The molecule has 3 aromatic carbocycles. The van der Waals surface area contributed by atoms with Crippen LogP contribution in [0.3, 0.4) is 0 Å². The van der Waals surface area contributed by atoms with Gasteiger partial charge in [0.05, 0.1) is 18.4 Å². The summed E-state index contributed by atoms with van der Waals surface area (Å²) in [5.41, 5.74) is 1.38. The van der Waals surface area contributed by atoms with Crippen molar-refractivity contribution in [1.29, 1.82) is 0 Å². The van der Waals surface area contributed by atoms with Gasteiger partial charge in [-0.1, -0.05) is 18.2 Å².